The third kappa shape index (κ3) is 7.63. The van der Waals surface area contributed by atoms with Crippen LogP contribution in [0, 0.1) is 0 Å². The number of allylic oxidation sites excluding steroid dienone is 1. The van der Waals surface area contributed by atoms with Crippen LogP contribution < -0.4 is 15.4 Å². The van der Waals surface area contributed by atoms with Gasteiger partial charge in [0.15, 0.2) is 0 Å². The normalized spacial score (nSPS) is 22.2. The monoisotopic (exact) mass is 559 g/mol. The van der Waals surface area contributed by atoms with Crippen molar-refractivity contribution in [2.75, 3.05) is 7.05 Å². The molecule has 9 nitrogen and oxygen atoms in total. The van der Waals surface area contributed by atoms with Crippen LogP contribution in [0.1, 0.15) is 84.2 Å². The Morgan fingerprint density at radius 3 is 2.41 bits per heavy atom. The zero-order valence-electron chi connectivity index (χ0n) is 23.5. The fraction of sp³-hybridized carbons (Fsp3) is 0.586. The number of carbonyl (C=O) groups is 4. The lowest BCUT2D eigenvalue weighted by atomic mass is 9.95. The number of thioether (sulfide) groups is 1. The van der Waals surface area contributed by atoms with E-state index in [1.807, 2.05) is 32.1 Å². The van der Waals surface area contributed by atoms with Gasteiger partial charge in [-0.05, 0) is 57.5 Å². The van der Waals surface area contributed by atoms with Crippen molar-refractivity contribution in [3.63, 3.8) is 0 Å². The van der Waals surface area contributed by atoms with E-state index in [2.05, 4.69) is 17.6 Å². The first kappa shape index (κ1) is 30.7. The number of unbranched alkanes of at least 4 members (excludes halogenated alkanes) is 6. The maximum Gasteiger partial charge on any atom is 0.337 e. The maximum absolute atomic E-state index is 13.1. The van der Waals surface area contributed by atoms with Gasteiger partial charge in [0, 0.05) is 11.7 Å². The molecule has 2 N–H and O–H groups in total. The van der Waals surface area contributed by atoms with Crippen molar-refractivity contribution >= 4 is 35.5 Å². The summed E-state index contributed by atoms with van der Waals surface area (Å²) in [5, 5.41) is 5.42. The summed E-state index contributed by atoms with van der Waals surface area (Å²) in [5.74, 6) is -1.53. The molecule has 0 radical (unpaired) electrons. The van der Waals surface area contributed by atoms with Gasteiger partial charge in [0.2, 0.25) is 11.8 Å². The molecule has 39 heavy (non-hydrogen) atoms. The van der Waals surface area contributed by atoms with Crippen LogP contribution in [0.3, 0.4) is 0 Å². The Balaban J connectivity index is 1.52. The minimum absolute atomic E-state index is 0.351. The Hall–Kier alpha value is -2.85. The molecule has 0 aliphatic carbocycles. The molecule has 0 aromatic heterocycles. The number of carbonyl (C=O) groups excluding carboxylic acids is 4. The second kappa shape index (κ2) is 14.0. The minimum atomic E-state index is -0.899. The van der Waals surface area contributed by atoms with Crippen LogP contribution in [-0.2, 0) is 23.9 Å². The molecule has 0 spiro atoms. The smallest absolute Gasteiger partial charge is 0.337 e. The highest BCUT2D eigenvalue weighted by Crippen LogP contribution is 2.51. The lowest BCUT2D eigenvalue weighted by molar-refractivity contribution is -0.169. The summed E-state index contributed by atoms with van der Waals surface area (Å²) in [6.45, 7) is 7.00. The molecule has 3 rings (SSSR count). The SMILES string of the molecule is CCCCCCCC/C=C/Oc1ccc(C(NC)C(=O)NC2C(=O)N3C2SC(C)(C)C3C(=O)OC(C)=O)cc1. The van der Waals surface area contributed by atoms with Crippen molar-refractivity contribution in [2.24, 2.45) is 0 Å². The Kier molecular flexibility index (Phi) is 11.0. The zero-order valence-corrected chi connectivity index (χ0v) is 24.3. The van der Waals surface area contributed by atoms with E-state index in [-0.39, 0.29) is 11.8 Å². The molecule has 2 fully saturated rings. The van der Waals surface area contributed by atoms with E-state index in [0.29, 0.717) is 5.75 Å². The van der Waals surface area contributed by atoms with E-state index in [1.165, 1.54) is 48.8 Å². The molecule has 0 bridgehead atoms. The largest absolute Gasteiger partial charge is 0.465 e. The van der Waals surface area contributed by atoms with Crippen molar-refractivity contribution in [3.05, 3.63) is 42.2 Å². The summed E-state index contributed by atoms with van der Waals surface area (Å²) in [6.07, 6.45) is 12.3. The molecule has 10 heteroatoms. The third-order valence-corrected chi connectivity index (χ3v) is 8.57. The molecule has 0 saturated carbocycles. The molecule has 2 saturated heterocycles. The van der Waals surface area contributed by atoms with Gasteiger partial charge in [0.1, 0.15) is 29.2 Å². The molecule has 4 unspecified atom stereocenters. The number of hydrogen-bond donors (Lipinski definition) is 2. The lowest BCUT2D eigenvalue weighted by Crippen LogP contribution is -2.71. The number of esters is 2. The molecule has 2 aliphatic heterocycles. The summed E-state index contributed by atoms with van der Waals surface area (Å²) in [4.78, 5) is 51.3. The highest BCUT2D eigenvalue weighted by molar-refractivity contribution is 8.01. The molecule has 1 aromatic carbocycles. The molecule has 214 valence electrons. The van der Waals surface area contributed by atoms with Crippen LogP contribution in [0.4, 0.5) is 0 Å². The van der Waals surface area contributed by atoms with Crippen LogP contribution in [0.5, 0.6) is 5.75 Å². The molecular formula is C29H41N3O6S. The lowest BCUT2D eigenvalue weighted by Gasteiger charge is -2.44. The van der Waals surface area contributed by atoms with Gasteiger partial charge >= 0.3 is 11.9 Å². The summed E-state index contributed by atoms with van der Waals surface area (Å²) in [5.41, 5.74) is 0.726. The summed E-state index contributed by atoms with van der Waals surface area (Å²) in [6, 6.07) is 4.89. The first-order valence-corrected chi connectivity index (χ1v) is 14.6. The van der Waals surface area contributed by atoms with Gasteiger partial charge in [-0.1, -0.05) is 51.2 Å². The molecule has 4 atom stereocenters. The number of rotatable bonds is 14. The van der Waals surface area contributed by atoms with Crippen LogP contribution >= 0.6 is 11.8 Å². The molecule has 2 aliphatic rings. The van der Waals surface area contributed by atoms with Gasteiger partial charge in [-0.15, -0.1) is 11.8 Å². The number of β-lactam (4-membered cyclic amide) rings is 1. The van der Waals surface area contributed by atoms with E-state index >= 15 is 0 Å². The summed E-state index contributed by atoms with van der Waals surface area (Å²) < 4.78 is 9.79. The molecular weight excluding hydrogens is 518 g/mol. The van der Waals surface area contributed by atoms with E-state index in [9.17, 15) is 19.2 Å². The average Bonchev–Trinajstić information content (AvgIpc) is 3.15. The summed E-state index contributed by atoms with van der Waals surface area (Å²) in [7, 11) is 1.68. The average molecular weight is 560 g/mol. The minimum Gasteiger partial charge on any atom is -0.465 e. The van der Waals surface area contributed by atoms with Gasteiger partial charge < -0.3 is 25.0 Å². The van der Waals surface area contributed by atoms with Gasteiger partial charge in [-0.2, -0.15) is 0 Å². The van der Waals surface area contributed by atoms with E-state index in [1.54, 1.807) is 25.4 Å². The predicted molar refractivity (Wildman–Crippen MR) is 151 cm³/mol. The van der Waals surface area contributed by atoms with E-state index in [4.69, 9.17) is 9.47 Å². The van der Waals surface area contributed by atoms with Gasteiger partial charge in [0.05, 0.1) is 6.26 Å². The predicted octanol–water partition coefficient (Wildman–Crippen LogP) is 4.23. The van der Waals surface area contributed by atoms with Gasteiger partial charge in [0.25, 0.3) is 0 Å². The van der Waals surface area contributed by atoms with E-state index < -0.39 is 40.2 Å². The first-order chi connectivity index (χ1) is 18.6. The number of likely N-dealkylation sites (N-methyl/N-ethyl adjacent to an activating group) is 1. The highest BCUT2D eigenvalue weighted by atomic mass is 32.2. The quantitative estimate of drug-likeness (QED) is 0.114. The second-order valence-electron chi connectivity index (χ2n) is 10.5. The fourth-order valence-corrected chi connectivity index (χ4v) is 6.61. The maximum atomic E-state index is 13.1. The third-order valence-electron chi connectivity index (χ3n) is 7.00. The number of benzene rings is 1. The second-order valence-corrected chi connectivity index (χ2v) is 12.3. The van der Waals surface area contributed by atoms with Crippen molar-refractivity contribution < 1.29 is 28.7 Å². The number of hydrogen-bond acceptors (Lipinski definition) is 8. The number of fused-ring (bicyclic) bond motifs is 1. The van der Waals surface area contributed by atoms with Crippen LogP contribution in [0.25, 0.3) is 0 Å². The highest BCUT2D eigenvalue weighted by Gasteiger charge is 2.64. The molecule has 2 amide bonds. The van der Waals surface area contributed by atoms with E-state index in [0.717, 1.165) is 25.3 Å². The molecule has 1 aromatic rings. The first-order valence-electron chi connectivity index (χ1n) is 13.7. The number of ether oxygens (including phenoxy) is 2. The van der Waals surface area contributed by atoms with Crippen molar-refractivity contribution in [1.29, 1.82) is 0 Å². The Morgan fingerprint density at radius 1 is 1.10 bits per heavy atom. The van der Waals surface area contributed by atoms with Gasteiger partial charge in [-0.25, -0.2) is 4.79 Å². The Labute approximate surface area is 235 Å². The topological polar surface area (TPSA) is 114 Å². The Bertz CT molecular complexity index is 1060. The van der Waals surface area contributed by atoms with Crippen LogP contribution in [0.2, 0.25) is 0 Å². The van der Waals surface area contributed by atoms with Crippen molar-refractivity contribution in [3.8, 4) is 5.75 Å². The van der Waals surface area contributed by atoms with Crippen LogP contribution in [0.15, 0.2) is 36.6 Å². The number of nitrogens with one attached hydrogen (secondary N) is 2. The number of nitrogens with zero attached hydrogens (tertiary/aromatic N) is 1. The van der Waals surface area contributed by atoms with Crippen molar-refractivity contribution in [2.45, 2.75) is 101 Å². The van der Waals surface area contributed by atoms with Crippen molar-refractivity contribution in [1.82, 2.24) is 15.5 Å². The Morgan fingerprint density at radius 2 is 1.77 bits per heavy atom. The molecule has 2 heterocycles. The van der Waals surface area contributed by atoms with Crippen LogP contribution in [-0.4, -0.2) is 57.9 Å². The zero-order chi connectivity index (χ0) is 28.6. The number of amides is 2. The summed E-state index contributed by atoms with van der Waals surface area (Å²) >= 11 is 1.40. The fourth-order valence-electron chi connectivity index (χ4n) is 4.99. The standard InChI is InChI=1S/C29H41N3O6S/c1-6-7-8-9-10-11-12-13-18-37-21-16-14-20(15-17-21)22(30-5)25(34)31-23-26(35)32-24(28(36)38-19(2)33)29(3,4)39-27(23)32/h13-18,22-24,27,30H,6-12H2,1-5H3,(H,31,34)/b18-13+. The van der Waals surface area contributed by atoms with Gasteiger partial charge in [-0.3, -0.25) is 14.4 Å².